The molecule has 0 aliphatic rings. The van der Waals surface area contributed by atoms with Crippen molar-refractivity contribution in [1.29, 1.82) is 0 Å². The average molecular weight is 369 g/mol. The zero-order valence-corrected chi connectivity index (χ0v) is 16.1. The first-order valence-electron chi connectivity index (χ1n) is 8.55. The van der Waals surface area contributed by atoms with E-state index in [4.69, 9.17) is 0 Å². The standard InChI is InChI=1S/C20H23N3O2S/c1-14-8-11-26-19(14)13-23(10-9-22(2)3)20(25)17-12-18(24)15-6-4-5-7-16(15)21-17/h4-8,11-12H,9-10,13H2,1-3H3,(H,21,24). The minimum Gasteiger partial charge on any atom is -0.350 e. The minimum absolute atomic E-state index is 0.137. The highest BCUT2D eigenvalue weighted by Gasteiger charge is 2.19. The molecule has 0 saturated heterocycles. The molecule has 0 bridgehead atoms. The first-order chi connectivity index (χ1) is 12.5. The van der Waals surface area contributed by atoms with Crippen LogP contribution in [0.5, 0.6) is 0 Å². The summed E-state index contributed by atoms with van der Waals surface area (Å²) >= 11 is 1.65. The molecule has 5 nitrogen and oxygen atoms in total. The Morgan fingerprint density at radius 3 is 2.62 bits per heavy atom. The number of hydrogen-bond donors (Lipinski definition) is 1. The molecule has 136 valence electrons. The molecule has 1 amide bonds. The number of pyridine rings is 1. The minimum atomic E-state index is -0.150. The molecule has 26 heavy (non-hydrogen) atoms. The maximum Gasteiger partial charge on any atom is 0.270 e. The second-order valence-corrected chi connectivity index (χ2v) is 7.65. The summed E-state index contributed by atoms with van der Waals surface area (Å²) in [6.45, 7) is 3.95. The molecule has 6 heteroatoms. The molecule has 0 aliphatic carbocycles. The van der Waals surface area contributed by atoms with Crippen LogP contribution in [0.25, 0.3) is 10.9 Å². The summed E-state index contributed by atoms with van der Waals surface area (Å²) in [4.78, 5) is 33.6. The Kier molecular flexibility index (Phi) is 5.54. The number of thiophene rings is 1. The first kappa shape index (κ1) is 18.4. The highest BCUT2D eigenvalue weighted by Crippen LogP contribution is 2.19. The second kappa shape index (κ2) is 7.85. The van der Waals surface area contributed by atoms with E-state index in [2.05, 4.69) is 18.0 Å². The molecular formula is C20H23N3O2S. The lowest BCUT2D eigenvalue weighted by molar-refractivity contribution is 0.0728. The summed E-state index contributed by atoms with van der Waals surface area (Å²) in [7, 11) is 3.97. The van der Waals surface area contributed by atoms with Crippen LogP contribution in [0.3, 0.4) is 0 Å². The van der Waals surface area contributed by atoms with Gasteiger partial charge >= 0.3 is 0 Å². The Morgan fingerprint density at radius 1 is 1.15 bits per heavy atom. The summed E-state index contributed by atoms with van der Waals surface area (Å²) in [5.41, 5.74) is 2.07. The van der Waals surface area contributed by atoms with Gasteiger partial charge in [-0.25, -0.2) is 0 Å². The monoisotopic (exact) mass is 369 g/mol. The van der Waals surface area contributed by atoms with Crippen LogP contribution >= 0.6 is 11.3 Å². The molecule has 0 radical (unpaired) electrons. The third-order valence-electron chi connectivity index (χ3n) is 4.37. The lowest BCUT2D eigenvalue weighted by Gasteiger charge is -2.24. The van der Waals surface area contributed by atoms with E-state index in [1.54, 1.807) is 22.3 Å². The quantitative estimate of drug-likeness (QED) is 0.726. The van der Waals surface area contributed by atoms with Crippen LogP contribution in [0.1, 0.15) is 20.9 Å². The number of carbonyl (C=O) groups is 1. The van der Waals surface area contributed by atoms with Crippen molar-refractivity contribution < 1.29 is 4.79 Å². The molecule has 2 heterocycles. The van der Waals surface area contributed by atoms with Gasteiger partial charge in [0.15, 0.2) is 5.43 Å². The fourth-order valence-corrected chi connectivity index (χ4v) is 3.72. The number of H-pyrrole nitrogens is 1. The van der Waals surface area contributed by atoms with Crippen molar-refractivity contribution in [3.05, 3.63) is 68.1 Å². The van der Waals surface area contributed by atoms with Crippen molar-refractivity contribution in [3.8, 4) is 0 Å². The van der Waals surface area contributed by atoms with Crippen LogP contribution in [-0.4, -0.2) is 47.9 Å². The number of hydrogen-bond acceptors (Lipinski definition) is 4. The fourth-order valence-electron chi connectivity index (χ4n) is 2.80. The Bertz CT molecular complexity index is 974. The van der Waals surface area contributed by atoms with Gasteiger partial charge in [0, 0.05) is 34.9 Å². The van der Waals surface area contributed by atoms with E-state index in [1.807, 2.05) is 42.6 Å². The molecule has 3 rings (SSSR count). The summed E-state index contributed by atoms with van der Waals surface area (Å²) in [5, 5.41) is 2.63. The topological polar surface area (TPSA) is 56.4 Å². The Balaban J connectivity index is 1.93. The van der Waals surface area contributed by atoms with Gasteiger partial charge in [0.2, 0.25) is 0 Å². The average Bonchev–Trinajstić information content (AvgIpc) is 3.02. The number of carbonyl (C=O) groups excluding carboxylic acids is 1. The van der Waals surface area contributed by atoms with Gasteiger partial charge in [-0.05, 0) is 50.2 Å². The van der Waals surface area contributed by atoms with Crippen molar-refractivity contribution in [2.45, 2.75) is 13.5 Å². The SMILES string of the molecule is Cc1ccsc1CN(CCN(C)C)C(=O)c1cc(=O)c2ccccc2[nH]1. The van der Waals surface area contributed by atoms with E-state index >= 15 is 0 Å². The summed E-state index contributed by atoms with van der Waals surface area (Å²) in [5.74, 6) is -0.150. The third kappa shape index (κ3) is 4.03. The fraction of sp³-hybridized carbons (Fsp3) is 0.300. The molecular weight excluding hydrogens is 346 g/mol. The largest absolute Gasteiger partial charge is 0.350 e. The predicted octanol–water partition coefficient (Wildman–Crippen LogP) is 3.10. The maximum atomic E-state index is 13.1. The van der Waals surface area contributed by atoms with Crippen molar-refractivity contribution in [2.75, 3.05) is 27.2 Å². The summed E-state index contributed by atoms with van der Waals surface area (Å²) in [6, 6.07) is 10.7. The highest BCUT2D eigenvalue weighted by molar-refractivity contribution is 7.10. The number of amides is 1. The molecule has 0 spiro atoms. The van der Waals surface area contributed by atoms with Crippen molar-refractivity contribution in [1.82, 2.24) is 14.8 Å². The van der Waals surface area contributed by atoms with Gasteiger partial charge in [-0.2, -0.15) is 0 Å². The van der Waals surface area contributed by atoms with E-state index < -0.39 is 0 Å². The molecule has 0 aliphatic heterocycles. The number of nitrogens with zero attached hydrogens (tertiary/aromatic N) is 2. The van der Waals surface area contributed by atoms with Gasteiger partial charge in [0.1, 0.15) is 5.69 Å². The molecule has 1 aromatic carbocycles. The number of likely N-dealkylation sites (N-methyl/N-ethyl adjacent to an activating group) is 1. The number of nitrogens with one attached hydrogen (secondary N) is 1. The molecule has 1 N–H and O–H groups in total. The predicted molar refractivity (Wildman–Crippen MR) is 107 cm³/mol. The normalized spacial score (nSPS) is 11.2. The molecule has 0 unspecified atom stereocenters. The van der Waals surface area contributed by atoms with Crippen LogP contribution in [0.15, 0.2) is 46.6 Å². The highest BCUT2D eigenvalue weighted by atomic mass is 32.1. The first-order valence-corrected chi connectivity index (χ1v) is 9.42. The Hall–Kier alpha value is -2.44. The molecule has 3 aromatic rings. The van der Waals surface area contributed by atoms with Gasteiger partial charge in [-0.3, -0.25) is 9.59 Å². The summed E-state index contributed by atoms with van der Waals surface area (Å²) in [6.07, 6.45) is 0. The van der Waals surface area contributed by atoms with Gasteiger partial charge in [0.05, 0.1) is 6.54 Å². The Labute approximate surface area is 156 Å². The van der Waals surface area contributed by atoms with Crippen molar-refractivity contribution in [2.24, 2.45) is 0 Å². The number of benzene rings is 1. The molecule has 0 atom stereocenters. The molecule has 2 aromatic heterocycles. The Morgan fingerprint density at radius 2 is 1.92 bits per heavy atom. The van der Waals surface area contributed by atoms with E-state index in [0.29, 0.717) is 29.7 Å². The number of aromatic amines is 1. The van der Waals surface area contributed by atoms with E-state index in [-0.39, 0.29) is 11.3 Å². The third-order valence-corrected chi connectivity index (χ3v) is 5.38. The van der Waals surface area contributed by atoms with Crippen LogP contribution in [0.4, 0.5) is 0 Å². The summed E-state index contributed by atoms with van der Waals surface area (Å²) < 4.78 is 0. The lowest BCUT2D eigenvalue weighted by Crippen LogP contribution is -2.37. The second-order valence-electron chi connectivity index (χ2n) is 6.65. The molecule has 0 saturated carbocycles. The maximum absolute atomic E-state index is 13.1. The number of aromatic nitrogens is 1. The van der Waals surface area contributed by atoms with E-state index in [1.165, 1.54) is 16.5 Å². The number of para-hydroxylation sites is 1. The number of fused-ring (bicyclic) bond motifs is 1. The lowest BCUT2D eigenvalue weighted by atomic mass is 10.2. The van der Waals surface area contributed by atoms with Crippen LogP contribution in [0.2, 0.25) is 0 Å². The van der Waals surface area contributed by atoms with Crippen LogP contribution in [-0.2, 0) is 6.54 Å². The zero-order valence-electron chi connectivity index (χ0n) is 15.3. The van der Waals surface area contributed by atoms with Crippen molar-refractivity contribution in [3.63, 3.8) is 0 Å². The van der Waals surface area contributed by atoms with E-state index in [9.17, 15) is 9.59 Å². The van der Waals surface area contributed by atoms with Gasteiger partial charge in [-0.1, -0.05) is 12.1 Å². The van der Waals surface area contributed by atoms with Crippen molar-refractivity contribution >= 4 is 28.1 Å². The van der Waals surface area contributed by atoms with Crippen LogP contribution < -0.4 is 5.43 Å². The number of rotatable bonds is 6. The molecule has 0 fully saturated rings. The smallest absolute Gasteiger partial charge is 0.270 e. The van der Waals surface area contributed by atoms with Crippen LogP contribution in [0, 0.1) is 6.92 Å². The number of aryl methyl sites for hydroxylation is 1. The van der Waals surface area contributed by atoms with Gasteiger partial charge < -0.3 is 14.8 Å². The van der Waals surface area contributed by atoms with Gasteiger partial charge in [0.25, 0.3) is 5.91 Å². The zero-order chi connectivity index (χ0) is 18.7. The van der Waals surface area contributed by atoms with Gasteiger partial charge in [-0.15, -0.1) is 11.3 Å². The van der Waals surface area contributed by atoms with E-state index in [0.717, 1.165) is 6.54 Å².